The fourth-order valence-electron chi connectivity index (χ4n) is 8.81. The molecule has 0 aliphatic carbocycles. The van der Waals surface area contributed by atoms with E-state index in [4.69, 9.17) is 0 Å². The van der Waals surface area contributed by atoms with Crippen LogP contribution in [0.5, 0.6) is 0 Å². The van der Waals surface area contributed by atoms with E-state index in [0.29, 0.717) is 0 Å². The zero-order chi connectivity index (χ0) is 34.5. The molecule has 1 aliphatic heterocycles. The summed E-state index contributed by atoms with van der Waals surface area (Å²) in [5.74, 6) is 0. The van der Waals surface area contributed by atoms with Crippen LogP contribution in [0.2, 0.25) is 0 Å². The van der Waals surface area contributed by atoms with Crippen LogP contribution in [0.3, 0.4) is 0 Å². The minimum Gasteiger partial charge on any atom is -0.379 e. The van der Waals surface area contributed by atoms with Crippen molar-refractivity contribution in [3.63, 3.8) is 0 Å². The summed E-state index contributed by atoms with van der Waals surface area (Å²) in [6.07, 6.45) is 50.1. The van der Waals surface area contributed by atoms with E-state index in [0.717, 1.165) is 0 Å². The third kappa shape index (κ3) is 18.5. The summed E-state index contributed by atoms with van der Waals surface area (Å²) in [7, 11) is 0. The Morgan fingerprint density at radius 1 is 0.408 bits per heavy atom. The second-order valence-electron chi connectivity index (χ2n) is 16.5. The van der Waals surface area contributed by atoms with E-state index in [2.05, 4.69) is 55.6 Å². The first kappa shape index (κ1) is 41.9. The molecule has 1 N–H and O–H groups in total. The smallest absolute Gasteiger partial charge is 0.0427 e. The molecule has 0 saturated carbocycles. The van der Waals surface area contributed by atoms with E-state index in [1.807, 2.05) is 0 Å². The molecule has 2 aromatic carbocycles. The van der Waals surface area contributed by atoms with Crippen molar-refractivity contribution in [3.8, 4) is 0 Å². The number of nitrogens with one attached hydrogen (secondary N) is 1. The van der Waals surface area contributed by atoms with E-state index in [-0.39, 0.29) is 5.54 Å². The molecule has 0 unspecified atom stereocenters. The van der Waals surface area contributed by atoms with Gasteiger partial charge >= 0.3 is 0 Å². The van der Waals surface area contributed by atoms with E-state index in [1.165, 1.54) is 241 Å². The van der Waals surface area contributed by atoms with Gasteiger partial charge in [-0.3, -0.25) is 0 Å². The molecule has 1 heteroatoms. The van der Waals surface area contributed by atoms with Gasteiger partial charge in [-0.1, -0.05) is 250 Å². The number of anilines is 1. The van der Waals surface area contributed by atoms with Crippen molar-refractivity contribution in [2.75, 3.05) is 5.32 Å². The minimum absolute atomic E-state index is 0.245. The summed E-state index contributed by atoms with van der Waals surface area (Å²) in [6.45, 7) is 4.62. The lowest BCUT2D eigenvalue weighted by Gasteiger charge is -2.41. The molecule has 49 heavy (non-hydrogen) atoms. The topological polar surface area (TPSA) is 12.0 Å². The minimum atomic E-state index is 0.245. The van der Waals surface area contributed by atoms with Crippen LogP contribution in [-0.4, -0.2) is 5.54 Å². The molecule has 0 radical (unpaired) electrons. The first-order valence-electron chi connectivity index (χ1n) is 22.6. The Bertz CT molecular complexity index is 960. The quantitative estimate of drug-likeness (QED) is 0.0729. The Kier molecular flexibility index (Phi) is 24.1. The summed E-state index contributed by atoms with van der Waals surface area (Å²) >= 11 is 0. The van der Waals surface area contributed by atoms with Gasteiger partial charge in [0.2, 0.25) is 0 Å². The van der Waals surface area contributed by atoms with E-state index in [9.17, 15) is 0 Å². The molecule has 0 spiro atoms. The van der Waals surface area contributed by atoms with Gasteiger partial charge in [0.1, 0.15) is 0 Å². The molecule has 1 heterocycles. The average molecular weight is 674 g/mol. The lowest BCUT2D eigenvalue weighted by atomic mass is 9.77. The van der Waals surface area contributed by atoms with Gasteiger partial charge in [0.25, 0.3) is 0 Å². The highest BCUT2D eigenvalue weighted by molar-refractivity contribution is 5.98. The van der Waals surface area contributed by atoms with Gasteiger partial charge in [-0.15, -0.1) is 0 Å². The normalized spacial score (nSPS) is 13.7. The highest BCUT2D eigenvalue weighted by Crippen LogP contribution is 2.41. The van der Waals surface area contributed by atoms with Crippen LogP contribution in [0.1, 0.15) is 238 Å². The molecule has 0 atom stereocenters. The highest BCUT2D eigenvalue weighted by Gasteiger charge is 2.33. The van der Waals surface area contributed by atoms with Crippen molar-refractivity contribution in [1.29, 1.82) is 0 Å². The molecular formula is C48H83N. The first-order valence-corrected chi connectivity index (χ1v) is 22.6. The molecular weight excluding hydrogens is 591 g/mol. The van der Waals surface area contributed by atoms with Crippen LogP contribution >= 0.6 is 0 Å². The maximum Gasteiger partial charge on any atom is 0.0427 e. The molecule has 0 aromatic heterocycles. The van der Waals surface area contributed by atoms with Crippen molar-refractivity contribution in [3.05, 3.63) is 42.0 Å². The Morgan fingerprint density at radius 2 is 0.735 bits per heavy atom. The van der Waals surface area contributed by atoms with Crippen molar-refractivity contribution in [2.45, 2.75) is 244 Å². The summed E-state index contributed by atoms with van der Waals surface area (Å²) < 4.78 is 0. The predicted octanol–water partition coefficient (Wildman–Crippen LogP) is 16.8. The third-order valence-corrected chi connectivity index (χ3v) is 11.9. The Morgan fingerprint density at radius 3 is 1.10 bits per heavy atom. The average Bonchev–Trinajstić information content (AvgIpc) is 3.11. The number of benzene rings is 2. The van der Waals surface area contributed by atoms with Crippen LogP contribution in [0.25, 0.3) is 10.8 Å². The Balaban J connectivity index is 1.26. The standard InChI is InChI=1S/C48H83N/c1-3-5-7-9-11-13-15-17-19-21-23-25-27-29-31-33-41-48(43-45-39-35-37-44-38-36-40-46(49-48)47(44)45)42-34-32-30-28-26-24-22-20-18-16-14-12-10-8-6-4-2/h35-40,49H,3-34,41-43H2,1-2H3. The molecule has 0 fully saturated rings. The van der Waals surface area contributed by atoms with E-state index in [1.54, 1.807) is 5.56 Å². The molecule has 0 amide bonds. The summed E-state index contributed by atoms with van der Waals surface area (Å²) in [6, 6.07) is 13.9. The van der Waals surface area contributed by atoms with Crippen molar-refractivity contribution in [1.82, 2.24) is 0 Å². The van der Waals surface area contributed by atoms with Crippen LogP contribution < -0.4 is 5.32 Å². The van der Waals surface area contributed by atoms with Crippen LogP contribution in [0.15, 0.2) is 36.4 Å². The molecule has 0 saturated heterocycles. The molecule has 3 rings (SSSR count). The third-order valence-electron chi connectivity index (χ3n) is 11.9. The highest BCUT2D eigenvalue weighted by atomic mass is 15.0. The molecule has 1 aliphatic rings. The molecule has 2 aromatic rings. The number of rotatable bonds is 34. The van der Waals surface area contributed by atoms with E-state index >= 15 is 0 Å². The fraction of sp³-hybridized carbons (Fsp3) is 0.792. The van der Waals surface area contributed by atoms with Gasteiger partial charge in [-0.2, -0.15) is 0 Å². The second kappa shape index (κ2) is 28.1. The van der Waals surface area contributed by atoms with Gasteiger partial charge in [0, 0.05) is 16.6 Å². The van der Waals surface area contributed by atoms with E-state index < -0.39 is 0 Å². The van der Waals surface area contributed by atoms with Crippen molar-refractivity contribution in [2.24, 2.45) is 0 Å². The number of hydrogen-bond acceptors (Lipinski definition) is 1. The number of hydrogen-bond donors (Lipinski definition) is 1. The Hall–Kier alpha value is -1.50. The van der Waals surface area contributed by atoms with Crippen LogP contribution in [0.4, 0.5) is 5.69 Å². The molecule has 0 bridgehead atoms. The van der Waals surface area contributed by atoms with Crippen LogP contribution in [0, 0.1) is 0 Å². The van der Waals surface area contributed by atoms with Gasteiger partial charge in [-0.05, 0) is 36.3 Å². The first-order chi connectivity index (χ1) is 24.3. The summed E-state index contributed by atoms with van der Waals surface area (Å²) in [4.78, 5) is 0. The largest absolute Gasteiger partial charge is 0.379 e. The van der Waals surface area contributed by atoms with Gasteiger partial charge in [0.15, 0.2) is 0 Å². The van der Waals surface area contributed by atoms with Crippen molar-refractivity contribution >= 4 is 16.5 Å². The SMILES string of the molecule is CCCCCCCCCCCCCCCCCCC1(CCCCCCCCCCCCCCCCCC)Cc2cccc3cccc(c23)N1. The summed E-state index contributed by atoms with van der Waals surface area (Å²) in [5.41, 5.74) is 3.22. The van der Waals surface area contributed by atoms with Gasteiger partial charge in [-0.25, -0.2) is 0 Å². The molecule has 280 valence electrons. The lowest BCUT2D eigenvalue weighted by molar-refractivity contribution is 0.359. The zero-order valence-electron chi connectivity index (χ0n) is 33.2. The fourth-order valence-corrected chi connectivity index (χ4v) is 8.81. The Labute approximate surface area is 307 Å². The summed E-state index contributed by atoms with van der Waals surface area (Å²) in [5, 5.41) is 7.07. The monoisotopic (exact) mass is 674 g/mol. The second-order valence-corrected chi connectivity index (χ2v) is 16.5. The molecule has 1 nitrogen and oxygen atoms in total. The lowest BCUT2D eigenvalue weighted by Crippen LogP contribution is -2.43. The maximum absolute atomic E-state index is 4.18. The predicted molar refractivity (Wildman–Crippen MR) is 222 cm³/mol. The van der Waals surface area contributed by atoms with Crippen LogP contribution in [-0.2, 0) is 6.42 Å². The zero-order valence-corrected chi connectivity index (χ0v) is 33.2. The van der Waals surface area contributed by atoms with Gasteiger partial charge < -0.3 is 5.32 Å². The van der Waals surface area contributed by atoms with Gasteiger partial charge in [0.05, 0.1) is 0 Å². The number of unbranched alkanes of at least 4 members (excludes halogenated alkanes) is 30. The maximum atomic E-state index is 4.18. The van der Waals surface area contributed by atoms with Crippen molar-refractivity contribution < 1.29 is 0 Å².